The zero-order valence-corrected chi connectivity index (χ0v) is 13.0. The van der Waals surface area contributed by atoms with Gasteiger partial charge in [0, 0.05) is 24.1 Å². The second kappa shape index (κ2) is 6.24. The molecule has 0 saturated carbocycles. The SMILES string of the molecule is CN(C)CCC1=COC(c2ccccc2)(c2ccccc2)O1. The third-order valence-corrected chi connectivity index (χ3v) is 3.74. The maximum absolute atomic E-state index is 6.28. The van der Waals surface area contributed by atoms with Gasteiger partial charge in [-0.3, -0.25) is 0 Å². The molecule has 2 aromatic carbocycles. The first kappa shape index (κ1) is 14.7. The van der Waals surface area contributed by atoms with Gasteiger partial charge in [0.1, 0.15) is 12.0 Å². The van der Waals surface area contributed by atoms with Gasteiger partial charge in [-0.25, -0.2) is 0 Å². The summed E-state index contributed by atoms with van der Waals surface area (Å²) in [6.45, 7) is 0.925. The number of benzene rings is 2. The van der Waals surface area contributed by atoms with E-state index >= 15 is 0 Å². The van der Waals surface area contributed by atoms with Crippen molar-refractivity contribution in [2.75, 3.05) is 20.6 Å². The van der Waals surface area contributed by atoms with E-state index in [4.69, 9.17) is 9.47 Å². The van der Waals surface area contributed by atoms with Crippen LogP contribution in [-0.4, -0.2) is 25.5 Å². The van der Waals surface area contributed by atoms with E-state index in [0.717, 1.165) is 29.9 Å². The zero-order valence-electron chi connectivity index (χ0n) is 13.0. The van der Waals surface area contributed by atoms with Crippen molar-refractivity contribution in [1.82, 2.24) is 4.90 Å². The highest BCUT2D eigenvalue weighted by Crippen LogP contribution is 2.41. The summed E-state index contributed by atoms with van der Waals surface area (Å²) in [4.78, 5) is 2.13. The normalized spacial score (nSPS) is 16.0. The molecule has 0 unspecified atom stereocenters. The lowest BCUT2D eigenvalue weighted by atomic mass is 9.97. The summed E-state index contributed by atoms with van der Waals surface area (Å²) in [6.07, 6.45) is 2.58. The molecule has 2 aromatic rings. The highest BCUT2D eigenvalue weighted by molar-refractivity contribution is 5.35. The minimum Gasteiger partial charge on any atom is -0.449 e. The van der Waals surface area contributed by atoms with Crippen LogP contribution in [0.3, 0.4) is 0 Å². The summed E-state index contributed by atoms with van der Waals surface area (Å²) in [7, 11) is 4.11. The number of ether oxygens (including phenoxy) is 2. The molecule has 0 aliphatic carbocycles. The maximum atomic E-state index is 6.28. The lowest BCUT2D eigenvalue weighted by molar-refractivity contribution is -0.121. The molecule has 0 saturated heterocycles. The van der Waals surface area contributed by atoms with Crippen LogP contribution < -0.4 is 0 Å². The molecule has 22 heavy (non-hydrogen) atoms. The molecule has 0 aromatic heterocycles. The molecule has 0 spiro atoms. The van der Waals surface area contributed by atoms with Crippen molar-refractivity contribution in [2.45, 2.75) is 12.2 Å². The Balaban J connectivity index is 1.91. The van der Waals surface area contributed by atoms with Crippen molar-refractivity contribution in [2.24, 2.45) is 0 Å². The van der Waals surface area contributed by atoms with E-state index in [1.165, 1.54) is 0 Å². The van der Waals surface area contributed by atoms with Crippen molar-refractivity contribution in [3.63, 3.8) is 0 Å². The Hall–Kier alpha value is -2.26. The number of hydrogen-bond acceptors (Lipinski definition) is 3. The molecule has 0 fully saturated rings. The van der Waals surface area contributed by atoms with Crippen LogP contribution in [0.2, 0.25) is 0 Å². The minimum atomic E-state index is -0.871. The van der Waals surface area contributed by atoms with Gasteiger partial charge < -0.3 is 14.4 Å². The second-order valence-corrected chi connectivity index (χ2v) is 5.71. The van der Waals surface area contributed by atoms with Crippen molar-refractivity contribution in [1.29, 1.82) is 0 Å². The number of hydrogen-bond donors (Lipinski definition) is 0. The first-order chi connectivity index (χ1) is 10.7. The fourth-order valence-electron chi connectivity index (χ4n) is 2.56. The second-order valence-electron chi connectivity index (χ2n) is 5.71. The van der Waals surface area contributed by atoms with Crippen LogP contribution in [0, 0.1) is 0 Å². The molecule has 1 aliphatic heterocycles. The molecule has 0 atom stereocenters. The third-order valence-electron chi connectivity index (χ3n) is 3.74. The monoisotopic (exact) mass is 295 g/mol. The molecule has 1 heterocycles. The van der Waals surface area contributed by atoms with Gasteiger partial charge in [-0.1, -0.05) is 60.7 Å². The van der Waals surface area contributed by atoms with Crippen LogP contribution in [-0.2, 0) is 15.3 Å². The molecule has 0 amide bonds. The summed E-state index contributed by atoms with van der Waals surface area (Å²) < 4.78 is 12.3. The van der Waals surface area contributed by atoms with Gasteiger partial charge in [-0.05, 0) is 14.1 Å². The lowest BCUT2D eigenvalue weighted by Gasteiger charge is -2.29. The van der Waals surface area contributed by atoms with Gasteiger partial charge in [0.15, 0.2) is 0 Å². The van der Waals surface area contributed by atoms with Gasteiger partial charge in [-0.15, -0.1) is 0 Å². The van der Waals surface area contributed by atoms with Gasteiger partial charge >= 0.3 is 5.79 Å². The fourth-order valence-corrected chi connectivity index (χ4v) is 2.56. The molecule has 0 N–H and O–H groups in total. The van der Waals surface area contributed by atoms with Gasteiger partial charge in [0.2, 0.25) is 0 Å². The Morgan fingerprint density at radius 2 is 1.41 bits per heavy atom. The Bertz CT molecular complexity index is 595. The Kier molecular flexibility index (Phi) is 4.16. The van der Waals surface area contributed by atoms with E-state index in [2.05, 4.69) is 19.0 Å². The van der Waals surface area contributed by atoms with Crippen LogP contribution in [0.25, 0.3) is 0 Å². The van der Waals surface area contributed by atoms with E-state index in [9.17, 15) is 0 Å². The summed E-state index contributed by atoms with van der Waals surface area (Å²) in [5, 5.41) is 0. The number of nitrogens with zero attached hydrogens (tertiary/aromatic N) is 1. The van der Waals surface area contributed by atoms with Crippen molar-refractivity contribution in [3.8, 4) is 0 Å². The predicted molar refractivity (Wildman–Crippen MR) is 87.1 cm³/mol. The van der Waals surface area contributed by atoms with Gasteiger partial charge in [0.25, 0.3) is 0 Å². The minimum absolute atomic E-state index is 0.828. The first-order valence-corrected chi connectivity index (χ1v) is 7.52. The summed E-state index contributed by atoms with van der Waals surface area (Å²) in [5.41, 5.74) is 2.00. The largest absolute Gasteiger partial charge is 0.449 e. The van der Waals surface area contributed by atoms with Gasteiger partial charge in [-0.2, -0.15) is 0 Å². The average Bonchev–Trinajstić information content (AvgIpc) is 3.00. The van der Waals surface area contributed by atoms with Crippen molar-refractivity contribution in [3.05, 3.63) is 83.8 Å². The Morgan fingerprint density at radius 3 is 1.91 bits per heavy atom. The maximum Gasteiger partial charge on any atom is 0.304 e. The molecule has 0 bridgehead atoms. The molecular weight excluding hydrogens is 274 g/mol. The molecule has 0 radical (unpaired) electrons. The highest BCUT2D eigenvalue weighted by atomic mass is 16.7. The topological polar surface area (TPSA) is 21.7 Å². The van der Waals surface area contributed by atoms with Crippen molar-refractivity contribution >= 4 is 0 Å². The van der Waals surface area contributed by atoms with Crippen molar-refractivity contribution < 1.29 is 9.47 Å². The van der Waals surface area contributed by atoms with Crippen LogP contribution >= 0.6 is 0 Å². The first-order valence-electron chi connectivity index (χ1n) is 7.52. The smallest absolute Gasteiger partial charge is 0.304 e. The Labute approximate surface area is 131 Å². The van der Waals surface area contributed by atoms with Crippen LogP contribution in [0.15, 0.2) is 72.7 Å². The Morgan fingerprint density at radius 1 is 0.864 bits per heavy atom. The van der Waals surface area contributed by atoms with E-state index in [-0.39, 0.29) is 0 Å². The van der Waals surface area contributed by atoms with Crippen LogP contribution in [0.4, 0.5) is 0 Å². The predicted octanol–water partition coefficient (Wildman–Crippen LogP) is 3.73. The third kappa shape index (κ3) is 2.85. The van der Waals surface area contributed by atoms with Crippen LogP contribution in [0.1, 0.15) is 17.5 Å². The van der Waals surface area contributed by atoms with Gasteiger partial charge in [0.05, 0.1) is 0 Å². The van der Waals surface area contributed by atoms with Crippen LogP contribution in [0.5, 0.6) is 0 Å². The summed E-state index contributed by atoms with van der Waals surface area (Å²) >= 11 is 0. The quantitative estimate of drug-likeness (QED) is 0.839. The zero-order chi connectivity index (χ0) is 15.4. The highest BCUT2D eigenvalue weighted by Gasteiger charge is 2.42. The standard InChI is InChI=1S/C19H21NO2/c1-20(2)14-13-18-15-21-19(22-18,16-9-5-3-6-10-16)17-11-7-4-8-12-17/h3-12,15H,13-14H2,1-2H3. The fraction of sp³-hybridized carbons (Fsp3) is 0.263. The molecule has 114 valence electrons. The van der Waals surface area contributed by atoms with E-state index in [1.807, 2.05) is 60.7 Å². The van der Waals surface area contributed by atoms with E-state index < -0.39 is 5.79 Å². The molecule has 3 nitrogen and oxygen atoms in total. The van der Waals surface area contributed by atoms with E-state index in [0.29, 0.717) is 0 Å². The number of rotatable bonds is 5. The molecule has 3 heteroatoms. The summed E-state index contributed by atoms with van der Waals surface area (Å²) in [6, 6.07) is 20.2. The lowest BCUT2D eigenvalue weighted by Crippen LogP contribution is -2.29. The molecule has 1 aliphatic rings. The van der Waals surface area contributed by atoms with E-state index in [1.54, 1.807) is 6.26 Å². The summed E-state index contributed by atoms with van der Waals surface area (Å²) in [5.74, 6) is 0.00544. The molecular formula is C19H21NO2. The molecule has 3 rings (SSSR count). The average molecular weight is 295 g/mol.